The first-order valence-electron chi connectivity index (χ1n) is 8.82. The van der Waals surface area contributed by atoms with Crippen molar-refractivity contribution in [3.63, 3.8) is 0 Å². The van der Waals surface area contributed by atoms with Crippen LogP contribution in [-0.2, 0) is 19.4 Å². The number of amides is 1. The number of nitrogens with zero attached hydrogens (tertiary/aromatic N) is 1. The van der Waals surface area contributed by atoms with Gasteiger partial charge in [-0.15, -0.1) is 5.59 Å². The molecular weight excluding hydrogens is 408 g/mol. The first-order valence-corrected chi connectivity index (χ1v) is 10.3. The van der Waals surface area contributed by atoms with Gasteiger partial charge in [0.1, 0.15) is 12.5 Å². The highest BCUT2D eigenvalue weighted by Crippen LogP contribution is 2.39. The Bertz CT molecular complexity index is 879. The van der Waals surface area contributed by atoms with Gasteiger partial charge in [0, 0.05) is 18.9 Å². The molecule has 11 nitrogen and oxygen atoms in total. The molecule has 2 aliphatic heterocycles. The molecule has 0 spiro atoms. The molecule has 0 saturated carbocycles. The van der Waals surface area contributed by atoms with Crippen LogP contribution in [-0.4, -0.2) is 60.5 Å². The van der Waals surface area contributed by atoms with Gasteiger partial charge in [-0.3, -0.25) is 4.84 Å². The fraction of sp³-hybridized carbons (Fsp3) is 0.471. The highest BCUT2D eigenvalue weighted by Gasteiger charge is 2.49. The third-order valence-electron chi connectivity index (χ3n) is 4.43. The van der Waals surface area contributed by atoms with E-state index in [1.54, 1.807) is 0 Å². The molecule has 0 radical (unpaired) electrons. The van der Waals surface area contributed by atoms with E-state index in [9.17, 15) is 23.4 Å². The number of rotatable bonds is 7. The minimum atomic E-state index is -4.11. The fourth-order valence-electron chi connectivity index (χ4n) is 2.93. The van der Waals surface area contributed by atoms with Crippen LogP contribution in [0.4, 0.5) is 4.79 Å². The largest absolute Gasteiger partial charge is 0.464 e. The summed E-state index contributed by atoms with van der Waals surface area (Å²) in [5.41, 5.74) is 2.17. The Morgan fingerprint density at radius 1 is 1.28 bits per heavy atom. The average molecular weight is 430 g/mol. The molecule has 2 aliphatic rings. The molecule has 1 amide bonds. The molecule has 29 heavy (non-hydrogen) atoms. The molecule has 0 bridgehead atoms. The van der Waals surface area contributed by atoms with Gasteiger partial charge in [-0.1, -0.05) is 0 Å². The van der Waals surface area contributed by atoms with Crippen molar-refractivity contribution in [1.82, 2.24) is 10.6 Å². The topological polar surface area (TPSA) is 144 Å². The summed E-state index contributed by atoms with van der Waals surface area (Å²) in [7, 11) is -4.11. The summed E-state index contributed by atoms with van der Waals surface area (Å²) >= 11 is 0. The van der Waals surface area contributed by atoms with Crippen LogP contribution in [0.1, 0.15) is 19.8 Å². The van der Waals surface area contributed by atoms with Gasteiger partial charge in [0.15, 0.2) is 11.5 Å². The van der Waals surface area contributed by atoms with Crippen molar-refractivity contribution >= 4 is 15.9 Å². The van der Waals surface area contributed by atoms with Crippen molar-refractivity contribution in [1.29, 1.82) is 0 Å². The fourth-order valence-corrected chi connectivity index (χ4v) is 4.72. The first-order chi connectivity index (χ1) is 13.7. The number of sulfone groups is 1. The van der Waals surface area contributed by atoms with E-state index in [0.29, 0.717) is 10.8 Å². The van der Waals surface area contributed by atoms with Crippen LogP contribution >= 0.6 is 0 Å². The van der Waals surface area contributed by atoms with Gasteiger partial charge in [-0.25, -0.2) is 18.2 Å². The minimum absolute atomic E-state index is 0.0290. The molecule has 1 atom stereocenters. The minimum Gasteiger partial charge on any atom is -0.464 e. The normalized spacial score (nSPS) is 18.8. The van der Waals surface area contributed by atoms with Crippen LogP contribution < -0.4 is 15.1 Å². The Labute approximate surface area is 167 Å². The molecule has 12 heteroatoms. The Hall–Kier alpha value is -2.38. The number of hydrogen-bond donors (Lipinski definition) is 3. The van der Waals surface area contributed by atoms with Crippen molar-refractivity contribution < 1.29 is 42.5 Å². The molecule has 2 heterocycles. The van der Waals surface area contributed by atoms with Crippen LogP contribution in [0, 0.1) is 0 Å². The molecular formula is C17H22N2O9S. The Morgan fingerprint density at radius 3 is 2.55 bits per heavy atom. The van der Waals surface area contributed by atoms with E-state index < -0.39 is 27.0 Å². The maximum atomic E-state index is 13.4. The number of aliphatic hydroxyl groups is 1. The van der Waals surface area contributed by atoms with Crippen LogP contribution in [0.2, 0.25) is 0 Å². The zero-order chi connectivity index (χ0) is 21.1. The van der Waals surface area contributed by atoms with Gasteiger partial charge in [0.2, 0.25) is 14.8 Å². The van der Waals surface area contributed by atoms with Gasteiger partial charge in [0.25, 0.3) is 0 Å². The number of benzene rings is 1. The van der Waals surface area contributed by atoms with Crippen molar-refractivity contribution in [2.75, 3.05) is 19.8 Å². The van der Waals surface area contributed by atoms with Gasteiger partial charge >= 0.3 is 6.09 Å². The van der Waals surface area contributed by atoms with E-state index in [4.69, 9.17) is 19.0 Å². The summed E-state index contributed by atoms with van der Waals surface area (Å²) in [4.78, 5) is 15.0. The van der Waals surface area contributed by atoms with Crippen molar-refractivity contribution in [2.24, 2.45) is 0 Å². The van der Waals surface area contributed by atoms with Gasteiger partial charge < -0.3 is 24.4 Å². The SMILES string of the molecule is CC(O)CN(NOC1(S(=O)(=O)c2ccc3c(c2)OC=CO3)CCOCC1)C(=O)O. The lowest BCUT2D eigenvalue weighted by Crippen LogP contribution is -2.55. The summed E-state index contributed by atoms with van der Waals surface area (Å²) < 4.78 is 42.7. The number of hydrogen-bond acceptors (Lipinski definition) is 9. The molecule has 160 valence electrons. The third-order valence-corrected chi connectivity index (χ3v) is 6.78. The van der Waals surface area contributed by atoms with Crippen LogP contribution in [0.3, 0.4) is 0 Å². The number of carboxylic acid groups (broad SMARTS) is 1. The van der Waals surface area contributed by atoms with Crippen LogP contribution in [0.15, 0.2) is 35.6 Å². The quantitative estimate of drug-likeness (QED) is 0.536. The number of ether oxygens (including phenoxy) is 3. The lowest BCUT2D eigenvalue weighted by Gasteiger charge is -2.37. The van der Waals surface area contributed by atoms with E-state index in [1.807, 2.05) is 0 Å². The molecule has 3 N–H and O–H groups in total. The van der Waals surface area contributed by atoms with Gasteiger partial charge in [-0.05, 0) is 19.1 Å². The second-order valence-corrected chi connectivity index (χ2v) is 8.80. The predicted octanol–water partition coefficient (Wildman–Crippen LogP) is 1.01. The summed E-state index contributed by atoms with van der Waals surface area (Å²) in [5.74, 6) is 0.588. The standard InChI is InChI=1S/C17H22N2O9S/c1-12(20)11-19(16(21)22)18-28-17(4-6-25-7-5-17)29(23,24)13-2-3-14-15(10-13)27-9-8-26-14/h2-3,8-10,12,18,20H,4-7,11H2,1H3,(H,21,22). The second-order valence-electron chi connectivity index (χ2n) is 6.58. The van der Waals surface area contributed by atoms with Crippen molar-refractivity contribution in [3.8, 4) is 11.5 Å². The Morgan fingerprint density at radius 2 is 1.93 bits per heavy atom. The monoisotopic (exact) mass is 430 g/mol. The van der Waals surface area contributed by atoms with E-state index in [1.165, 1.54) is 37.6 Å². The Balaban J connectivity index is 1.90. The first kappa shape index (κ1) is 21.3. The number of fused-ring (bicyclic) bond motifs is 1. The molecule has 0 aliphatic carbocycles. The number of aliphatic hydroxyl groups excluding tert-OH is 1. The number of hydrazine groups is 1. The van der Waals surface area contributed by atoms with Gasteiger partial charge in [-0.2, -0.15) is 0 Å². The lowest BCUT2D eigenvalue weighted by molar-refractivity contribution is -0.161. The molecule has 1 unspecified atom stereocenters. The molecule has 0 aromatic heterocycles. The zero-order valence-corrected chi connectivity index (χ0v) is 16.4. The van der Waals surface area contributed by atoms with E-state index >= 15 is 0 Å². The lowest BCUT2D eigenvalue weighted by atomic mass is 10.1. The van der Waals surface area contributed by atoms with Crippen molar-refractivity contribution in [3.05, 3.63) is 30.7 Å². The summed E-state index contributed by atoms with van der Waals surface area (Å²) in [6.07, 6.45) is 0.123. The number of carbonyl (C=O) groups is 1. The molecule has 1 saturated heterocycles. The van der Waals surface area contributed by atoms with E-state index in [2.05, 4.69) is 5.59 Å². The maximum absolute atomic E-state index is 13.4. The van der Waals surface area contributed by atoms with E-state index in [-0.39, 0.29) is 43.2 Å². The summed E-state index contributed by atoms with van der Waals surface area (Å²) in [5, 5.41) is 19.3. The smallest absolute Gasteiger partial charge is 0.423 e. The summed E-state index contributed by atoms with van der Waals surface area (Å²) in [6, 6.07) is 4.14. The van der Waals surface area contributed by atoms with Gasteiger partial charge in [0.05, 0.1) is 30.8 Å². The highest BCUT2D eigenvalue weighted by molar-refractivity contribution is 7.92. The average Bonchev–Trinajstić information content (AvgIpc) is 2.70. The summed E-state index contributed by atoms with van der Waals surface area (Å²) in [6.45, 7) is 1.29. The van der Waals surface area contributed by atoms with Crippen LogP contribution in [0.25, 0.3) is 0 Å². The number of nitrogens with one attached hydrogen (secondary N) is 1. The molecule has 1 aromatic carbocycles. The van der Waals surface area contributed by atoms with E-state index in [0.717, 1.165) is 0 Å². The predicted molar refractivity (Wildman–Crippen MR) is 97.4 cm³/mol. The molecule has 1 fully saturated rings. The second kappa shape index (κ2) is 8.55. The third kappa shape index (κ3) is 4.46. The molecule has 1 aromatic rings. The van der Waals surface area contributed by atoms with Crippen LogP contribution in [0.5, 0.6) is 11.5 Å². The van der Waals surface area contributed by atoms with Crippen molar-refractivity contribution in [2.45, 2.75) is 35.7 Å². The zero-order valence-electron chi connectivity index (χ0n) is 15.6. The Kier molecular flexibility index (Phi) is 6.29. The molecule has 3 rings (SSSR count). The maximum Gasteiger partial charge on any atom is 0.423 e. The highest BCUT2D eigenvalue weighted by atomic mass is 32.2.